The minimum Gasteiger partial charge on any atom is -0.481 e. The second kappa shape index (κ2) is 44.3. The SMILES string of the molecule is CC(C)[C@@H]1NC(=O)[C@@H](CCCN=C(N)N)NC(=O)CNC(=O)[C@@H](CC(=O)O)NC(=O)C(CCCCNC(=O)[C@H](CCC(=O)NCCCC[C@H]2NC(=O)[C@H](C(C)C)NC(=O)[C@@H](CCCN=C(N)N)NC(=O)CNC(=O)[C@@H](CC(=O)O)NC2=O)NC(=O)c2ccc(N=NCc3ccccc3S(=O)(=O)O)nc2)NC1=O. The molecule has 588 valence electrons. The number of carbonyl (C=O) groups excluding carboxylic acids is 13. The molecule has 2 aliphatic rings. The number of azo groups is 1. The molecule has 1 aromatic carbocycles. The molecule has 0 saturated carbocycles. The van der Waals surface area contributed by atoms with E-state index in [0.29, 0.717) is 0 Å². The highest BCUT2D eigenvalue weighted by atomic mass is 32.2. The van der Waals surface area contributed by atoms with Crippen LogP contribution in [0.1, 0.15) is 134 Å². The van der Waals surface area contributed by atoms with Crippen molar-refractivity contribution in [3.05, 3.63) is 53.7 Å². The summed E-state index contributed by atoms with van der Waals surface area (Å²) in [5.74, 6) is -16.4. The van der Waals surface area contributed by atoms with Crippen LogP contribution in [0.25, 0.3) is 0 Å². The highest BCUT2D eigenvalue weighted by Crippen LogP contribution is 2.19. The van der Waals surface area contributed by atoms with Gasteiger partial charge in [0.15, 0.2) is 17.7 Å². The summed E-state index contributed by atoms with van der Waals surface area (Å²) in [6, 6.07) is -5.10. The minimum atomic E-state index is -4.60. The summed E-state index contributed by atoms with van der Waals surface area (Å²) >= 11 is 0. The molecule has 107 heavy (non-hydrogen) atoms. The van der Waals surface area contributed by atoms with E-state index in [1.807, 2.05) is 0 Å². The van der Waals surface area contributed by atoms with Crippen molar-refractivity contribution in [2.75, 3.05) is 39.3 Å². The molecule has 9 atom stereocenters. The molecule has 42 nitrogen and oxygen atoms in total. The number of hydrogen-bond donors (Lipinski definition) is 20. The van der Waals surface area contributed by atoms with Gasteiger partial charge in [-0.15, -0.1) is 5.11 Å². The quantitative estimate of drug-likeness (QED) is 0.0102. The Hall–Kier alpha value is -11.5. The molecule has 13 amide bonds. The maximum absolute atomic E-state index is 14.1. The van der Waals surface area contributed by atoms with Gasteiger partial charge in [0.2, 0.25) is 70.9 Å². The van der Waals surface area contributed by atoms with E-state index in [0.717, 1.165) is 6.20 Å². The molecule has 0 radical (unpaired) electrons. The number of nitrogens with zero attached hydrogens (tertiary/aromatic N) is 5. The van der Waals surface area contributed by atoms with Crippen LogP contribution in [0.15, 0.2) is 67.7 Å². The van der Waals surface area contributed by atoms with E-state index in [1.165, 1.54) is 36.4 Å². The molecule has 2 saturated heterocycles. The molecule has 43 heteroatoms. The second-order valence-corrected chi connectivity index (χ2v) is 26.9. The summed E-state index contributed by atoms with van der Waals surface area (Å²) in [7, 11) is -4.60. The standard InChI is InChI=1S/C64H96N22O20S/c1-33(2)51-61(102)80-39(57(98)82-42(27-49(90)91)55(96)74-31-47(88)77-37(59(100)84-51)16-11-25-71-63(65)66)14-7-9-23-69-46(87)22-20-41(79-53(94)36-19-21-45(73-29-36)86-76-30-35-13-5-6-18-44(35)107(104,105)106)54(95)70-24-10-8-15-40-58(99)83-43(28-50(92)93)56(97)75-32-48(89)78-38(17-12-26-72-64(67)68)60(101)85-52(34(3)4)62(103)81-40/h5-6,13,18-19,21,29,33-34,37-43,51-52H,7-12,14-17,20,22-28,30-32H2,1-4H3,(H,69,87)(H,70,95)(H,74,96)(H,75,97)(H,77,88)(H,78,89)(H,79,94)(H,80,102)(H,81,103)(H,82,98)(H,83,99)(H,84,100)(H,85,101)(H,90,91)(H,92,93)(H4,65,66,71)(H4,67,68,72)(H,104,105,106)/t37-,38-,39-,40?,41+,42-,43-,51+,52+/m1/s1. The number of aliphatic carboxylic acids is 2. The number of aromatic nitrogens is 1. The van der Waals surface area contributed by atoms with Crippen LogP contribution in [-0.4, -0.2) is 222 Å². The van der Waals surface area contributed by atoms with Crippen LogP contribution in [0.2, 0.25) is 0 Å². The van der Waals surface area contributed by atoms with Gasteiger partial charge in [0, 0.05) is 38.8 Å². The predicted octanol–water partition coefficient (Wildman–Crippen LogP) is -5.43. The molecule has 2 aromatic rings. The summed E-state index contributed by atoms with van der Waals surface area (Å²) in [6.45, 7) is 4.45. The number of carbonyl (C=O) groups is 15. The summed E-state index contributed by atoms with van der Waals surface area (Å²) < 4.78 is 33.4. The fourth-order valence-corrected chi connectivity index (χ4v) is 11.3. The van der Waals surface area contributed by atoms with E-state index in [2.05, 4.69) is 94.3 Å². The third kappa shape index (κ3) is 32.2. The molecule has 4 rings (SSSR count). The van der Waals surface area contributed by atoms with Crippen LogP contribution >= 0.6 is 0 Å². The van der Waals surface area contributed by atoms with Crippen LogP contribution in [0, 0.1) is 11.8 Å². The largest absolute Gasteiger partial charge is 0.481 e. The van der Waals surface area contributed by atoms with Crippen LogP contribution in [0.3, 0.4) is 0 Å². The van der Waals surface area contributed by atoms with Crippen LogP contribution in [-0.2, 0) is 83.8 Å². The molecule has 0 spiro atoms. The molecular formula is C64H96N22O20S. The number of nitrogens with two attached hydrogens (primary N) is 4. The number of benzene rings is 1. The third-order valence-electron chi connectivity index (χ3n) is 16.2. The zero-order valence-electron chi connectivity index (χ0n) is 59.5. The maximum atomic E-state index is 14.1. The number of amides is 13. The Morgan fingerprint density at radius 1 is 0.551 bits per heavy atom. The van der Waals surface area contributed by atoms with Crippen molar-refractivity contribution >= 4 is 117 Å². The number of aliphatic imine (C=N–C) groups is 2. The van der Waals surface area contributed by atoms with Gasteiger partial charge in [-0.2, -0.15) is 13.5 Å². The Morgan fingerprint density at radius 3 is 1.43 bits per heavy atom. The number of nitrogens with one attached hydrogen (secondary N) is 13. The lowest BCUT2D eigenvalue weighted by atomic mass is 10.0. The van der Waals surface area contributed by atoms with Crippen molar-refractivity contribution in [1.82, 2.24) is 74.1 Å². The van der Waals surface area contributed by atoms with Crippen LogP contribution in [0.5, 0.6) is 0 Å². The monoisotopic (exact) mass is 1520 g/mol. The Balaban J connectivity index is 1.54. The van der Waals surface area contributed by atoms with Gasteiger partial charge in [0.25, 0.3) is 16.0 Å². The molecule has 3 heterocycles. The molecule has 24 N–H and O–H groups in total. The molecule has 0 bridgehead atoms. The summed E-state index contributed by atoms with van der Waals surface area (Å²) in [6.07, 6.45) is -1.43. The second-order valence-electron chi connectivity index (χ2n) is 25.6. The van der Waals surface area contributed by atoms with E-state index < -0.39 is 197 Å². The number of hydrogen-bond acceptors (Lipinski definition) is 22. The fraction of sp³-hybridized carbons (Fsp3) is 0.562. The first-order valence-corrected chi connectivity index (χ1v) is 35.7. The van der Waals surface area contributed by atoms with Crippen molar-refractivity contribution in [2.24, 2.45) is 55.0 Å². The summed E-state index contributed by atoms with van der Waals surface area (Å²) in [5, 5.41) is 59.7. The normalized spacial score (nSPS) is 20.7. The van der Waals surface area contributed by atoms with Gasteiger partial charge in [0.05, 0.1) is 42.9 Å². The van der Waals surface area contributed by atoms with E-state index in [1.54, 1.807) is 27.7 Å². The van der Waals surface area contributed by atoms with Crippen LogP contribution < -0.4 is 92.1 Å². The average molecular weight is 1530 g/mol. The number of carboxylic acids is 2. The predicted molar refractivity (Wildman–Crippen MR) is 378 cm³/mol. The van der Waals surface area contributed by atoms with Gasteiger partial charge < -0.3 is 102 Å². The van der Waals surface area contributed by atoms with Gasteiger partial charge in [-0.3, -0.25) is 86.5 Å². The molecular weight excluding hydrogens is 1430 g/mol. The van der Waals surface area contributed by atoms with Gasteiger partial charge in [0.1, 0.15) is 54.4 Å². The Bertz CT molecular complexity index is 3720. The summed E-state index contributed by atoms with van der Waals surface area (Å²) in [4.78, 5) is 213. The zero-order valence-corrected chi connectivity index (χ0v) is 60.3. The maximum Gasteiger partial charge on any atom is 0.305 e. The molecule has 1 unspecified atom stereocenters. The smallest absolute Gasteiger partial charge is 0.305 e. The van der Waals surface area contributed by atoms with Crippen molar-refractivity contribution < 1.29 is 95.1 Å². The third-order valence-corrected chi connectivity index (χ3v) is 17.2. The lowest BCUT2D eigenvalue weighted by molar-refractivity contribution is -0.141. The van der Waals surface area contributed by atoms with E-state index in [-0.39, 0.29) is 137 Å². The highest BCUT2D eigenvalue weighted by Gasteiger charge is 2.37. The first-order valence-electron chi connectivity index (χ1n) is 34.3. The molecule has 1 aromatic heterocycles. The fourth-order valence-electron chi connectivity index (χ4n) is 10.6. The zero-order chi connectivity index (χ0) is 79.5. The molecule has 2 fully saturated rings. The van der Waals surface area contributed by atoms with Gasteiger partial charge in [-0.25, -0.2) is 4.98 Å². The van der Waals surface area contributed by atoms with Gasteiger partial charge in [-0.05, 0) is 106 Å². The lowest BCUT2D eigenvalue weighted by Crippen LogP contribution is -2.59. The first kappa shape index (κ1) is 87.9. The Kier molecular flexibility index (Phi) is 36.4. The van der Waals surface area contributed by atoms with E-state index >= 15 is 0 Å². The Labute approximate surface area is 614 Å². The highest BCUT2D eigenvalue weighted by molar-refractivity contribution is 7.85. The first-order chi connectivity index (χ1) is 50.5. The van der Waals surface area contributed by atoms with Crippen molar-refractivity contribution in [1.29, 1.82) is 0 Å². The number of unbranched alkanes of at least 4 members (excludes halogenated alkanes) is 2. The van der Waals surface area contributed by atoms with E-state index in [4.69, 9.17) is 22.9 Å². The van der Waals surface area contributed by atoms with Crippen LogP contribution in [0.4, 0.5) is 5.82 Å². The van der Waals surface area contributed by atoms with Crippen molar-refractivity contribution in [3.8, 4) is 0 Å². The minimum absolute atomic E-state index is 0.0219. The van der Waals surface area contributed by atoms with Crippen molar-refractivity contribution in [2.45, 2.75) is 183 Å². The van der Waals surface area contributed by atoms with Gasteiger partial charge >= 0.3 is 11.9 Å². The number of pyridine rings is 1. The van der Waals surface area contributed by atoms with Gasteiger partial charge in [-0.1, -0.05) is 45.9 Å². The summed E-state index contributed by atoms with van der Waals surface area (Å²) in [5.41, 5.74) is 21.7. The molecule has 0 aliphatic carbocycles. The molecule has 2 aliphatic heterocycles. The number of guanidine groups is 2. The topological polar surface area (TPSA) is 674 Å². The van der Waals surface area contributed by atoms with E-state index in [9.17, 15) is 95.1 Å². The number of carboxylic acid groups (broad SMARTS) is 2. The number of rotatable bonds is 34. The average Bonchev–Trinajstić information content (AvgIpc) is 0.960. The lowest BCUT2D eigenvalue weighted by Gasteiger charge is -2.27. The Morgan fingerprint density at radius 2 is 0.991 bits per heavy atom. The van der Waals surface area contributed by atoms with Crippen molar-refractivity contribution in [3.63, 3.8) is 0 Å².